The van der Waals surface area contributed by atoms with Gasteiger partial charge in [0.05, 0.1) is 27.0 Å². The first-order chi connectivity index (χ1) is 9.32. The molecule has 21 heavy (non-hydrogen) atoms. The summed E-state index contributed by atoms with van der Waals surface area (Å²) in [7, 11) is 7.33. The van der Waals surface area contributed by atoms with E-state index in [2.05, 4.69) is 26.0 Å². The lowest BCUT2D eigenvalue weighted by Crippen LogP contribution is -3.06. The summed E-state index contributed by atoms with van der Waals surface area (Å²) in [5.74, 6) is 0.416. The fourth-order valence-corrected chi connectivity index (χ4v) is 2.63. The lowest BCUT2D eigenvalue weighted by Gasteiger charge is -2.15. The van der Waals surface area contributed by atoms with E-state index in [1.54, 1.807) is 13.4 Å². The molecule has 1 N–H and O–H groups in total. The summed E-state index contributed by atoms with van der Waals surface area (Å²) in [5.41, 5.74) is 0.307. The summed E-state index contributed by atoms with van der Waals surface area (Å²) in [6, 6.07) is 0. The quantitative estimate of drug-likeness (QED) is 0.616. The highest BCUT2D eigenvalue weighted by Gasteiger charge is 2.16. The number of halogens is 1. The average Bonchev–Trinajstić information content (AvgIpc) is 2.76. The van der Waals surface area contributed by atoms with Crippen molar-refractivity contribution in [3.05, 3.63) is 27.2 Å². The molecule has 0 aliphatic heterocycles. The number of fused-ring (bicyclic) bond motifs is 1. The van der Waals surface area contributed by atoms with Crippen LogP contribution in [0.15, 0.2) is 15.9 Å². The maximum atomic E-state index is 12.3. The molecular formula is C13H22ClN5O2. The van der Waals surface area contributed by atoms with Gasteiger partial charge in [0, 0.05) is 26.6 Å². The van der Waals surface area contributed by atoms with Gasteiger partial charge in [-0.3, -0.25) is 13.9 Å². The molecule has 2 heterocycles. The maximum absolute atomic E-state index is 12.3. The van der Waals surface area contributed by atoms with Crippen molar-refractivity contribution < 1.29 is 17.3 Å². The zero-order chi connectivity index (χ0) is 15.0. The van der Waals surface area contributed by atoms with Crippen molar-refractivity contribution in [2.75, 3.05) is 20.6 Å². The lowest BCUT2D eigenvalue weighted by molar-refractivity contribution is -0.861. The van der Waals surface area contributed by atoms with Crippen molar-refractivity contribution in [1.29, 1.82) is 0 Å². The van der Waals surface area contributed by atoms with Crippen LogP contribution in [0.2, 0.25) is 0 Å². The van der Waals surface area contributed by atoms with E-state index in [9.17, 15) is 9.59 Å². The number of quaternary nitrogens is 1. The molecular weight excluding hydrogens is 294 g/mol. The molecule has 7 nitrogen and oxygen atoms in total. The number of nitrogens with one attached hydrogen (secondary N) is 1. The molecule has 0 aliphatic rings. The average molecular weight is 316 g/mol. The standard InChI is InChI=1S/C13H21N5O2.ClH/c1-9(6-15(2)3)7-18-8-14-11-10(18)12(19)17(5)13(20)16(11)4;/h8-9H,6-7H2,1-5H3;1H. The molecule has 0 saturated heterocycles. The van der Waals surface area contributed by atoms with E-state index in [1.807, 2.05) is 4.57 Å². The van der Waals surface area contributed by atoms with E-state index >= 15 is 0 Å². The van der Waals surface area contributed by atoms with E-state index < -0.39 is 0 Å². The molecule has 118 valence electrons. The predicted octanol–water partition coefficient (Wildman–Crippen LogP) is -4.78. The van der Waals surface area contributed by atoms with Gasteiger partial charge in [-0.25, -0.2) is 9.78 Å². The van der Waals surface area contributed by atoms with Crippen LogP contribution < -0.4 is 28.6 Å². The van der Waals surface area contributed by atoms with Crippen LogP contribution in [0.1, 0.15) is 6.92 Å². The second-order valence-electron chi connectivity index (χ2n) is 5.79. The van der Waals surface area contributed by atoms with E-state index in [1.165, 1.54) is 16.5 Å². The fourth-order valence-electron chi connectivity index (χ4n) is 2.63. The molecule has 2 rings (SSSR count). The van der Waals surface area contributed by atoms with E-state index in [4.69, 9.17) is 0 Å². The third-order valence-corrected chi connectivity index (χ3v) is 3.48. The Balaban J connectivity index is 0.00000220. The maximum Gasteiger partial charge on any atom is 0.332 e. The van der Waals surface area contributed by atoms with Gasteiger partial charge >= 0.3 is 5.69 Å². The van der Waals surface area contributed by atoms with Gasteiger partial charge in [0.25, 0.3) is 5.56 Å². The highest BCUT2D eigenvalue weighted by atomic mass is 35.5. The zero-order valence-electron chi connectivity index (χ0n) is 13.1. The molecule has 0 saturated carbocycles. The first kappa shape index (κ1) is 17.5. The number of imidazole rings is 1. The van der Waals surface area contributed by atoms with Gasteiger partial charge in [0.1, 0.15) is 0 Å². The van der Waals surface area contributed by atoms with Crippen molar-refractivity contribution in [3.8, 4) is 0 Å². The van der Waals surface area contributed by atoms with Crippen molar-refractivity contribution >= 4 is 11.2 Å². The van der Waals surface area contributed by atoms with Crippen LogP contribution in [-0.2, 0) is 20.6 Å². The highest BCUT2D eigenvalue weighted by Crippen LogP contribution is 2.08. The van der Waals surface area contributed by atoms with Gasteiger partial charge in [-0.2, -0.15) is 0 Å². The summed E-state index contributed by atoms with van der Waals surface area (Å²) in [6.07, 6.45) is 1.65. The summed E-state index contributed by atoms with van der Waals surface area (Å²) in [4.78, 5) is 29.7. The van der Waals surface area contributed by atoms with Crippen LogP contribution in [0, 0.1) is 5.92 Å². The number of rotatable bonds is 4. The van der Waals surface area contributed by atoms with E-state index in [0.717, 1.165) is 17.7 Å². The Hall–Kier alpha value is -1.60. The van der Waals surface area contributed by atoms with Crippen molar-refractivity contribution in [3.63, 3.8) is 0 Å². The molecule has 2 aromatic heterocycles. The molecule has 0 bridgehead atoms. The molecule has 1 atom stereocenters. The Morgan fingerprint density at radius 1 is 1.24 bits per heavy atom. The van der Waals surface area contributed by atoms with Gasteiger partial charge in [0.15, 0.2) is 11.2 Å². The molecule has 0 fully saturated rings. The smallest absolute Gasteiger partial charge is 0.332 e. The molecule has 2 aromatic rings. The zero-order valence-corrected chi connectivity index (χ0v) is 13.8. The Morgan fingerprint density at radius 2 is 1.86 bits per heavy atom. The first-order valence-corrected chi connectivity index (χ1v) is 6.72. The third-order valence-electron chi connectivity index (χ3n) is 3.48. The minimum Gasteiger partial charge on any atom is -1.00 e. The Labute approximate surface area is 129 Å². The Morgan fingerprint density at radius 3 is 2.43 bits per heavy atom. The topological polar surface area (TPSA) is 66.3 Å². The minimum absolute atomic E-state index is 0. The number of hydrogen-bond donors (Lipinski definition) is 1. The van der Waals surface area contributed by atoms with Gasteiger partial charge in [-0.05, 0) is 0 Å². The highest BCUT2D eigenvalue weighted by molar-refractivity contribution is 5.69. The summed E-state index contributed by atoms with van der Waals surface area (Å²) in [6.45, 7) is 3.87. The van der Waals surface area contributed by atoms with E-state index in [-0.39, 0.29) is 23.7 Å². The summed E-state index contributed by atoms with van der Waals surface area (Å²) >= 11 is 0. The summed E-state index contributed by atoms with van der Waals surface area (Å²) in [5, 5.41) is 0. The minimum atomic E-state index is -0.349. The third kappa shape index (κ3) is 3.19. The van der Waals surface area contributed by atoms with Crippen LogP contribution in [0.25, 0.3) is 11.2 Å². The number of hydrogen-bond acceptors (Lipinski definition) is 3. The molecule has 0 radical (unpaired) electrons. The van der Waals surface area contributed by atoms with Crippen molar-refractivity contribution in [2.45, 2.75) is 13.5 Å². The second-order valence-corrected chi connectivity index (χ2v) is 5.79. The van der Waals surface area contributed by atoms with Crippen LogP contribution in [0.4, 0.5) is 0 Å². The lowest BCUT2D eigenvalue weighted by atomic mass is 10.1. The monoisotopic (exact) mass is 315 g/mol. The van der Waals surface area contributed by atoms with Gasteiger partial charge in [-0.1, -0.05) is 6.92 Å². The normalized spacial score (nSPS) is 12.7. The van der Waals surface area contributed by atoms with Crippen LogP contribution in [-0.4, -0.2) is 39.3 Å². The van der Waals surface area contributed by atoms with Gasteiger partial charge in [-0.15, -0.1) is 0 Å². The largest absolute Gasteiger partial charge is 1.00 e. The first-order valence-electron chi connectivity index (χ1n) is 6.72. The molecule has 0 aromatic carbocycles. The van der Waals surface area contributed by atoms with Crippen LogP contribution >= 0.6 is 0 Å². The van der Waals surface area contributed by atoms with E-state index in [0.29, 0.717) is 17.1 Å². The van der Waals surface area contributed by atoms with Crippen LogP contribution in [0.3, 0.4) is 0 Å². The molecule has 0 aliphatic carbocycles. The van der Waals surface area contributed by atoms with Gasteiger partial charge in [0.2, 0.25) is 0 Å². The molecule has 8 heteroatoms. The van der Waals surface area contributed by atoms with Crippen molar-refractivity contribution in [1.82, 2.24) is 18.7 Å². The Bertz CT molecular complexity index is 743. The summed E-state index contributed by atoms with van der Waals surface area (Å²) < 4.78 is 4.39. The van der Waals surface area contributed by atoms with Crippen molar-refractivity contribution in [2.24, 2.45) is 20.0 Å². The van der Waals surface area contributed by atoms with Gasteiger partial charge < -0.3 is 21.9 Å². The molecule has 0 spiro atoms. The number of nitrogens with zero attached hydrogens (tertiary/aromatic N) is 4. The van der Waals surface area contributed by atoms with Crippen LogP contribution in [0.5, 0.6) is 0 Å². The predicted molar refractivity (Wildman–Crippen MR) is 77.1 cm³/mol. The fraction of sp³-hybridized carbons (Fsp3) is 0.615. The number of aryl methyl sites for hydroxylation is 1. The molecule has 0 amide bonds. The Kier molecular flexibility index (Phi) is 5.36. The SMILES string of the molecule is CC(Cn1cnc2c1c(=O)n(C)c(=O)n2C)C[NH+](C)C.[Cl-]. The second kappa shape index (κ2) is 6.44. The molecule has 1 unspecified atom stereocenters. The number of aromatic nitrogens is 4.